The van der Waals surface area contributed by atoms with E-state index in [-0.39, 0.29) is 6.54 Å². The number of nitrogens with one attached hydrogen (secondary N) is 2. The summed E-state index contributed by atoms with van der Waals surface area (Å²) in [5.74, 6) is 1.37. The number of urea groups is 1. The predicted octanol–water partition coefficient (Wildman–Crippen LogP) is 6.80. The number of hydrogen-bond acceptors (Lipinski definition) is 4. The summed E-state index contributed by atoms with van der Waals surface area (Å²) in [7, 11) is 0. The highest BCUT2D eigenvalue weighted by Crippen LogP contribution is 2.30. The Balaban J connectivity index is 1.54. The standard InChI is InChI=1S/C25H23Cl2N5OS/c1-16-10-12-19(13-11-16)32-22(14-28-24(33)29-23-20(26)8-5-9-21(23)27)30-31-25(32)34-15-18-7-4-3-6-17(18)2/h3-13H,14-15H2,1-2H3,(H2,28,29,33). The Morgan fingerprint density at radius 1 is 0.941 bits per heavy atom. The van der Waals surface area contributed by atoms with Crippen molar-refractivity contribution in [1.29, 1.82) is 0 Å². The van der Waals surface area contributed by atoms with Gasteiger partial charge in [-0.15, -0.1) is 10.2 Å². The van der Waals surface area contributed by atoms with Gasteiger partial charge in [-0.25, -0.2) is 4.79 Å². The molecule has 1 aromatic heterocycles. The van der Waals surface area contributed by atoms with Gasteiger partial charge in [-0.05, 0) is 49.2 Å². The largest absolute Gasteiger partial charge is 0.331 e. The van der Waals surface area contributed by atoms with Crippen molar-refractivity contribution in [2.45, 2.75) is 31.3 Å². The fourth-order valence-corrected chi connectivity index (χ4v) is 4.85. The van der Waals surface area contributed by atoms with Gasteiger partial charge in [0.1, 0.15) is 0 Å². The number of nitrogens with zero attached hydrogens (tertiary/aromatic N) is 3. The van der Waals surface area contributed by atoms with Crippen LogP contribution in [0.5, 0.6) is 0 Å². The first-order valence-corrected chi connectivity index (χ1v) is 12.3. The summed E-state index contributed by atoms with van der Waals surface area (Å²) in [4.78, 5) is 12.5. The fraction of sp³-hybridized carbons (Fsp3) is 0.160. The lowest BCUT2D eigenvalue weighted by Crippen LogP contribution is -2.29. The quantitative estimate of drug-likeness (QED) is 0.267. The van der Waals surface area contributed by atoms with E-state index in [9.17, 15) is 4.79 Å². The zero-order chi connectivity index (χ0) is 24.1. The topological polar surface area (TPSA) is 71.8 Å². The lowest BCUT2D eigenvalue weighted by molar-refractivity contribution is 0.251. The number of thioether (sulfide) groups is 1. The summed E-state index contributed by atoms with van der Waals surface area (Å²) in [5.41, 5.74) is 4.91. The molecule has 34 heavy (non-hydrogen) atoms. The van der Waals surface area contributed by atoms with Gasteiger partial charge in [0.25, 0.3) is 0 Å². The summed E-state index contributed by atoms with van der Waals surface area (Å²) in [6.45, 7) is 4.30. The van der Waals surface area contributed by atoms with Gasteiger partial charge in [0.05, 0.1) is 22.3 Å². The van der Waals surface area contributed by atoms with E-state index in [0.717, 1.165) is 22.2 Å². The van der Waals surface area contributed by atoms with E-state index < -0.39 is 6.03 Å². The molecule has 0 aliphatic carbocycles. The number of rotatable bonds is 7. The molecule has 0 aliphatic heterocycles. The van der Waals surface area contributed by atoms with E-state index in [0.29, 0.717) is 21.6 Å². The summed E-state index contributed by atoms with van der Waals surface area (Å²) in [6, 6.07) is 21.0. The normalized spacial score (nSPS) is 10.8. The molecule has 0 aliphatic rings. The van der Waals surface area contributed by atoms with Crippen LogP contribution in [0.2, 0.25) is 10.0 Å². The zero-order valence-electron chi connectivity index (χ0n) is 18.7. The minimum absolute atomic E-state index is 0.166. The van der Waals surface area contributed by atoms with Crippen molar-refractivity contribution in [2.24, 2.45) is 0 Å². The lowest BCUT2D eigenvalue weighted by atomic mass is 10.1. The summed E-state index contributed by atoms with van der Waals surface area (Å²) in [5, 5.41) is 15.8. The van der Waals surface area contributed by atoms with E-state index in [1.54, 1.807) is 30.0 Å². The van der Waals surface area contributed by atoms with Gasteiger partial charge < -0.3 is 10.6 Å². The SMILES string of the molecule is Cc1ccc(-n2c(CNC(=O)Nc3c(Cl)cccc3Cl)nnc2SCc2ccccc2C)cc1. The highest BCUT2D eigenvalue weighted by molar-refractivity contribution is 7.98. The van der Waals surface area contributed by atoms with E-state index in [4.69, 9.17) is 23.2 Å². The van der Waals surface area contributed by atoms with Crippen molar-refractivity contribution in [1.82, 2.24) is 20.1 Å². The van der Waals surface area contributed by atoms with Gasteiger partial charge in [0.15, 0.2) is 11.0 Å². The average molecular weight is 512 g/mol. The first-order chi connectivity index (χ1) is 16.4. The monoisotopic (exact) mass is 511 g/mol. The van der Waals surface area contributed by atoms with Gasteiger partial charge in [-0.1, -0.05) is 83.0 Å². The van der Waals surface area contributed by atoms with Crippen LogP contribution in [-0.2, 0) is 12.3 Å². The number of carbonyl (C=O) groups excluding carboxylic acids is 1. The van der Waals surface area contributed by atoms with Crippen LogP contribution in [0, 0.1) is 13.8 Å². The fourth-order valence-electron chi connectivity index (χ4n) is 3.31. The minimum atomic E-state index is -0.442. The Labute approximate surface area is 212 Å². The minimum Gasteiger partial charge on any atom is -0.331 e. The number of anilines is 1. The van der Waals surface area contributed by atoms with E-state index >= 15 is 0 Å². The van der Waals surface area contributed by atoms with Crippen LogP contribution in [-0.4, -0.2) is 20.8 Å². The third-order valence-electron chi connectivity index (χ3n) is 5.22. The summed E-state index contributed by atoms with van der Waals surface area (Å²) >= 11 is 13.9. The van der Waals surface area contributed by atoms with Crippen LogP contribution in [0.25, 0.3) is 5.69 Å². The number of carbonyl (C=O) groups is 1. The number of aromatic nitrogens is 3. The molecular weight excluding hydrogens is 489 g/mol. The van der Waals surface area contributed by atoms with Crippen LogP contribution in [0.15, 0.2) is 71.9 Å². The lowest BCUT2D eigenvalue weighted by Gasteiger charge is -2.13. The molecule has 0 spiro atoms. The van der Waals surface area contributed by atoms with Crippen LogP contribution in [0.1, 0.15) is 22.5 Å². The molecule has 4 rings (SSSR count). The van der Waals surface area contributed by atoms with Gasteiger partial charge in [0, 0.05) is 11.4 Å². The molecule has 0 unspecified atom stereocenters. The molecule has 0 fully saturated rings. The van der Waals surface area contributed by atoms with Crippen molar-refractivity contribution in [3.05, 3.63) is 99.3 Å². The van der Waals surface area contributed by atoms with Crippen LogP contribution >= 0.6 is 35.0 Å². The first kappa shape index (κ1) is 24.1. The number of para-hydroxylation sites is 1. The number of benzene rings is 3. The second kappa shape index (κ2) is 11.0. The molecule has 2 amide bonds. The smallest absolute Gasteiger partial charge is 0.319 e. The Morgan fingerprint density at radius 3 is 2.35 bits per heavy atom. The molecule has 0 saturated heterocycles. The molecule has 2 N–H and O–H groups in total. The maximum absolute atomic E-state index is 12.5. The molecule has 4 aromatic rings. The van der Waals surface area contributed by atoms with Gasteiger partial charge in [0.2, 0.25) is 0 Å². The number of amides is 2. The highest BCUT2D eigenvalue weighted by atomic mass is 35.5. The number of hydrogen-bond donors (Lipinski definition) is 2. The Morgan fingerprint density at radius 2 is 1.65 bits per heavy atom. The summed E-state index contributed by atoms with van der Waals surface area (Å²) in [6.07, 6.45) is 0. The molecule has 0 atom stereocenters. The van der Waals surface area contributed by atoms with Crippen molar-refractivity contribution in [3.63, 3.8) is 0 Å². The van der Waals surface area contributed by atoms with Crippen LogP contribution in [0.4, 0.5) is 10.5 Å². The van der Waals surface area contributed by atoms with Crippen LogP contribution < -0.4 is 10.6 Å². The molecule has 6 nitrogen and oxygen atoms in total. The third-order valence-corrected chi connectivity index (χ3v) is 6.83. The molecule has 0 radical (unpaired) electrons. The average Bonchev–Trinajstić information content (AvgIpc) is 3.23. The molecule has 174 valence electrons. The molecular formula is C25H23Cl2N5OS. The molecule has 3 aromatic carbocycles. The van der Waals surface area contributed by atoms with Crippen LogP contribution in [0.3, 0.4) is 0 Å². The Kier molecular flexibility index (Phi) is 7.77. The van der Waals surface area contributed by atoms with Crippen molar-refractivity contribution >= 4 is 46.7 Å². The second-order valence-corrected chi connectivity index (χ2v) is 9.45. The zero-order valence-corrected chi connectivity index (χ0v) is 21.0. The molecule has 9 heteroatoms. The third kappa shape index (κ3) is 5.73. The Hall–Kier alpha value is -3.00. The highest BCUT2D eigenvalue weighted by Gasteiger charge is 2.17. The van der Waals surface area contributed by atoms with Gasteiger partial charge in [-0.3, -0.25) is 4.57 Å². The van der Waals surface area contributed by atoms with Crippen molar-refractivity contribution in [3.8, 4) is 5.69 Å². The predicted molar refractivity (Wildman–Crippen MR) is 139 cm³/mol. The Bertz CT molecular complexity index is 1290. The maximum Gasteiger partial charge on any atom is 0.319 e. The molecule has 0 bridgehead atoms. The molecule has 0 saturated carbocycles. The van der Waals surface area contributed by atoms with E-state index in [1.165, 1.54) is 11.1 Å². The second-order valence-electron chi connectivity index (χ2n) is 7.69. The maximum atomic E-state index is 12.5. The van der Waals surface area contributed by atoms with E-state index in [1.807, 2.05) is 47.9 Å². The number of aryl methyl sites for hydroxylation is 2. The molecule has 1 heterocycles. The van der Waals surface area contributed by atoms with Gasteiger partial charge >= 0.3 is 6.03 Å². The van der Waals surface area contributed by atoms with E-state index in [2.05, 4.69) is 39.9 Å². The first-order valence-electron chi connectivity index (χ1n) is 10.6. The van der Waals surface area contributed by atoms with Gasteiger partial charge in [-0.2, -0.15) is 0 Å². The number of halogens is 2. The van der Waals surface area contributed by atoms with Crippen molar-refractivity contribution in [2.75, 3.05) is 5.32 Å². The van der Waals surface area contributed by atoms with Crippen molar-refractivity contribution < 1.29 is 4.79 Å². The summed E-state index contributed by atoms with van der Waals surface area (Å²) < 4.78 is 1.96.